The maximum Gasteiger partial charge on any atom is 0.405 e. The topological polar surface area (TPSA) is 61.6 Å². The van der Waals surface area contributed by atoms with Crippen molar-refractivity contribution in [2.75, 3.05) is 6.61 Å². The molecule has 0 heterocycles. The van der Waals surface area contributed by atoms with Gasteiger partial charge < -0.3 is 15.2 Å². The molecule has 0 radical (unpaired) electrons. The van der Waals surface area contributed by atoms with Crippen LogP contribution >= 0.6 is 0 Å². The number of hydrogen-bond donors (Lipinski definition) is 1. The van der Waals surface area contributed by atoms with E-state index in [2.05, 4.69) is 32.0 Å². The number of rotatable bonds is 4. The Labute approximate surface area is 142 Å². The fraction of sp³-hybridized carbons (Fsp3) is 0.350. The molecule has 0 aliphatic heterocycles. The summed E-state index contributed by atoms with van der Waals surface area (Å²) in [4.78, 5) is 11.2. The van der Waals surface area contributed by atoms with Crippen LogP contribution in [-0.4, -0.2) is 12.7 Å². The Morgan fingerprint density at radius 3 is 2.71 bits per heavy atom. The highest BCUT2D eigenvalue weighted by atomic mass is 16.6. The minimum Gasteiger partial charge on any atom is -0.493 e. The summed E-state index contributed by atoms with van der Waals surface area (Å²) in [6.07, 6.45) is -0.196. The van der Waals surface area contributed by atoms with Crippen molar-refractivity contribution in [3.05, 3.63) is 53.6 Å². The van der Waals surface area contributed by atoms with Crippen LogP contribution in [0.2, 0.25) is 0 Å². The monoisotopic (exact) mass is 325 g/mol. The largest absolute Gasteiger partial charge is 0.493 e. The molecule has 0 saturated heterocycles. The molecular formula is C20H23NO3. The normalized spacial score (nSPS) is 18.0. The van der Waals surface area contributed by atoms with Gasteiger partial charge in [0.05, 0.1) is 6.61 Å². The molecule has 3 rings (SSSR count). The summed E-state index contributed by atoms with van der Waals surface area (Å²) in [6.45, 7) is 6.79. The zero-order chi connectivity index (χ0) is 17.3. The second kappa shape index (κ2) is 6.19. The number of fused-ring (bicyclic) bond motifs is 1. The van der Waals surface area contributed by atoms with Crippen molar-refractivity contribution >= 4 is 6.09 Å². The van der Waals surface area contributed by atoms with Gasteiger partial charge in [-0.1, -0.05) is 50.2 Å². The summed E-state index contributed by atoms with van der Waals surface area (Å²) < 4.78 is 11.1. The number of ether oxygens (including phenoxy) is 2. The number of amides is 1. The molecule has 24 heavy (non-hydrogen) atoms. The molecular weight excluding hydrogens is 302 g/mol. The molecule has 0 aromatic heterocycles. The lowest BCUT2D eigenvalue weighted by Gasteiger charge is -2.26. The Morgan fingerprint density at radius 2 is 2.00 bits per heavy atom. The highest BCUT2D eigenvalue weighted by Gasteiger charge is 2.41. The van der Waals surface area contributed by atoms with Crippen LogP contribution in [0.3, 0.4) is 0 Å². The predicted octanol–water partition coefficient (Wildman–Crippen LogP) is 4.47. The van der Waals surface area contributed by atoms with Crippen LogP contribution in [0.15, 0.2) is 42.5 Å². The quantitative estimate of drug-likeness (QED) is 0.902. The van der Waals surface area contributed by atoms with Crippen LogP contribution in [0.5, 0.6) is 5.75 Å². The Balaban J connectivity index is 2.01. The first-order valence-corrected chi connectivity index (χ1v) is 8.23. The number of benzene rings is 2. The van der Waals surface area contributed by atoms with Crippen molar-refractivity contribution in [1.29, 1.82) is 0 Å². The van der Waals surface area contributed by atoms with Gasteiger partial charge in [0.15, 0.2) is 0 Å². The zero-order valence-electron chi connectivity index (χ0n) is 14.3. The summed E-state index contributed by atoms with van der Waals surface area (Å²) in [5, 5.41) is 0. The van der Waals surface area contributed by atoms with Gasteiger partial charge in [-0.25, -0.2) is 4.79 Å². The minimum absolute atomic E-state index is 0.171. The lowest BCUT2D eigenvalue weighted by molar-refractivity contribution is 0.0392. The molecule has 2 aromatic rings. The van der Waals surface area contributed by atoms with Gasteiger partial charge in [-0.2, -0.15) is 0 Å². The second-order valence-electron chi connectivity index (χ2n) is 6.83. The lowest BCUT2D eigenvalue weighted by atomic mass is 9.87. The van der Waals surface area contributed by atoms with Crippen LogP contribution in [0.25, 0.3) is 11.1 Å². The molecule has 0 spiro atoms. The summed E-state index contributed by atoms with van der Waals surface area (Å²) in [7, 11) is 0. The highest BCUT2D eigenvalue weighted by Crippen LogP contribution is 2.48. The Bertz CT molecular complexity index is 767. The smallest absolute Gasteiger partial charge is 0.405 e. The first-order chi connectivity index (χ1) is 11.4. The molecule has 4 heteroatoms. The predicted molar refractivity (Wildman–Crippen MR) is 93.9 cm³/mol. The highest BCUT2D eigenvalue weighted by molar-refractivity contribution is 5.72. The zero-order valence-corrected chi connectivity index (χ0v) is 14.3. The number of carbonyl (C=O) groups is 1. The van der Waals surface area contributed by atoms with Crippen molar-refractivity contribution in [1.82, 2.24) is 0 Å². The van der Waals surface area contributed by atoms with E-state index in [9.17, 15) is 4.79 Å². The third kappa shape index (κ3) is 2.96. The molecule has 1 atom stereocenters. The summed E-state index contributed by atoms with van der Waals surface area (Å²) in [5.74, 6) is 0.877. The number of carbonyl (C=O) groups excluding carboxylic acids is 1. The average molecular weight is 325 g/mol. The molecule has 1 unspecified atom stereocenters. The van der Waals surface area contributed by atoms with Crippen LogP contribution in [0.1, 0.15) is 38.0 Å². The third-order valence-electron chi connectivity index (χ3n) is 4.51. The molecule has 4 nitrogen and oxygen atoms in total. The molecule has 2 N–H and O–H groups in total. The van der Waals surface area contributed by atoms with E-state index in [-0.39, 0.29) is 11.5 Å². The van der Waals surface area contributed by atoms with E-state index in [1.807, 2.05) is 31.2 Å². The maximum atomic E-state index is 11.2. The summed E-state index contributed by atoms with van der Waals surface area (Å²) in [5.41, 5.74) is 9.48. The first kappa shape index (κ1) is 16.4. The van der Waals surface area contributed by atoms with Crippen molar-refractivity contribution in [2.45, 2.75) is 33.3 Å². The number of para-hydroxylation sites is 1. The van der Waals surface area contributed by atoms with Gasteiger partial charge in [-0.3, -0.25) is 0 Å². The summed E-state index contributed by atoms with van der Waals surface area (Å²) in [6, 6.07) is 14.3. The van der Waals surface area contributed by atoms with Crippen molar-refractivity contribution in [3.63, 3.8) is 0 Å². The lowest BCUT2D eigenvalue weighted by Crippen LogP contribution is -2.25. The fourth-order valence-electron chi connectivity index (χ4n) is 3.51. The van der Waals surface area contributed by atoms with Crippen molar-refractivity contribution < 1.29 is 14.3 Å². The second-order valence-corrected chi connectivity index (χ2v) is 6.83. The van der Waals surface area contributed by atoms with Crippen molar-refractivity contribution in [2.24, 2.45) is 11.1 Å². The minimum atomic E-state index is -0.730. The van der Waals surface area contributed by atoms with Gasteiger partial charge in [0, 0.05) is 11.0 Å². The first-order valence-electron chi connectivity index (χ1n) is 8.23. The van der Waals surface area contributed by atoms with E-state index >= 15 is 0 Å². The van der Waals surface area contributed by atoms with Gasteiger partial charge >= 0.3 is 6.09 Å². The molecule has 1 aliphatic rings. The van der Waals surface area contributed by atoms with Gasteiger partial charge in [0.25, 0.3) is 0 Å². The molecule has 126 valence electrons. The van der Waals surface area contributed by atoms with Crippen LogP contribution in [0.4, 0.5) is 4.79 Å². The molecule has 1 amide bonds. The fourth-order valence-corrected chi connectivity index (χ4v) is 3.51. The van der Waals surface area contributed by atoms with E-state index in [1.165, 1.54) is 5.56 Å². The molecule has 0 saturated carbocycles. The average Bonchev–Trinajstić information content (AvgIpc) is 2.77. The van der Waals surface area contributed by atoms with E-state index in [0.29, 0.717) is 6.61 Å². The van der Waals surface area contributed by atoms with E-state index < -0.39 is 6.09 Å². The maximum absolute atomic E-state index is 11.2. The number of nitrogens with two attached hydrogens (primary N) is 1. The Kier molecular flexibility index (Phi) is 4.22. The van der Waals surface area contributed by atoms with Gasteiger partial charge in [-0.05, 0) is 36.1 Å². The third-order valence-corrected chi connectivity index (χ3v) is 4.51. The van der Waals surface area contributed by atoms with Crippen LogP contribution in [-0.2, 0) is 11.2 Å². The van der Waals surface area contributed by atoms with E-state index in [1.54, 1.807) is 0 Å². The molecule has 0 fully saturated rings. The number of hydrogen-bond acceptors (Lipinski definition) is 3. The van der Waals surface area contributed by atoms with Gasteiger partial charge in [-0.15, -0.1) is 0 Å². The molecule has 0 bridgehead atoms. The molecule has 2 aromatic carbocycles. The van der Waals surface area contributed by atoms with Crippen molar-refractivity contribution in [3.8, 4) is 16.9 Å². The Hall–Kier alpha value is -2.49. The molecule has 1 aliphatic carbocycles. The standard InChI is InChI=1S/C20H23NO3/c1-4-23-17-8-6-5-7-15(17)13-9-10-16-14(11-13)12-20(2,3)18(16)24-19(21)22/h5-11,18H,4,12H2,1-3H3,(H2,21,22). The van der Waals surface area contributed by atoms with Crippen LogP contribution < -0.4 is 10.5 Å². The van der Waals surface area contributed by atoms with E-state index in [4.69, 9.17) is 15.2 Å². The summed E-state index contributed by atoms with van der Waals surface area (Å²) >= 11 is 0. The van der Waals surface area contributed by atoms with Gasteiger partial charge in [0.1, 0.15) is 11.9 Å². The van der Waals surface area contributed by atoms with Gasteiger partial charge in [0.2, 0.25) is 0 Å². The number of primary amides is 1. The van der Waals surface area contributed by atoms with E-state index in [0.717, 1.165) is 28.9 Å². The van der Waals surface area contributed by atoms with Crippen LogP contribution in [0, 0.1) is 5.41 Å². The Morgan fingerprint density at radius 1 is 1.25 bits per heavy atom. The SMILES string of the molecule is CCOc1ccccc1-c1ccc2c(c1)CC(C)(C)C2OC(N)=O.